The van der Waals surface area contributed by atoms with E-state index in [1.807, 2.05) is 6.92 Å². The molecule has 0 atom stereocenters. The number of aromatic amines is 1. The number of fused-ring (bicyclic) bond motifs is 1. The first-order chi connectivity index (χ1) is 8.43. The van der Waals surface area contributed by atoms with E-state index in [1.54, 1.807) is 19.9 Å². The number of nitrogens with one attached hydrogen (secondary N) is 2. The van der Waals surface area contributed by atoms with Crippen LogP contribution in [-0.2, 0) is 0 Å². The van der Waals surface area contributed by atoms with Crippen molar-refractivity contribution in [2.45, 2.75) is 26.3 Å². The molecule has 0 saturated heterocycles. The molecule has 96 valence electrons. The van der Waals surface area contributed by atoms with Gasteiger partial charge in [-0.1, -0.05) is 0 Å². The Bertz CT molecular complexity index is 589. The van der Waals surface area contributed by atoms with Gasteiger partial charge in [0.15, 0.2) is 5.65 Å². The average molecular weight is 248 g/mol. The summed E-state index contributed by atoms with van der Waals surface area (Å²) >= 11 is 0. The number of aliphatic hydroxyl groups is 1. The Kier molecular flexibility index (Phi) is 3.04. The van der Waals surface area contributed by atoms with Crippen LogP contribution in [0.2, 0.25) is 0 Å². The number of rotatable bonds is 3. The van der Waals surface area contributed by atoms with E-state index in [0.29, 0.717) is 11.2 Å². The van der Waals surface area contributed by atoms with Crippen LogP contribution >= 0.6 is 0 Å². The summed E-state index contributed by atoms with van der Waals surface area (Å²) in [6, 6.07) is 1.74. The van der Waals surface area contributed by atoms with Crippen LogP contribution in [0.1, 0.15) is 29.9 Å². The number of aryl methyl sites for hydroxylation is 1. The zero-order valence-corrected chi connectivity index (χ0v) is 10.6. The fraction of sp³-hybridized carbons (Fsp3) is 0.417. The highest BCUT2D eigenvalue weighted by Gasteiger charge is 2.20. The fourth-order valence-electron chi connectivity index (χ4n) is 1.56. The molecule has 0 spiro atoms. The molecule has 6 nitrogen and oxygen atoms in total. The van der Waals surface area contributed by atoms with Gasteiger partial charge >= 0.3 is 0 Å². The molecule has 2 rings (SSSR count). The minimum absolute atomic E-state index is 0.126. The highest BCUT2D eigenvalue weighted by atomic mass is 16.3. The van der Waals surface area contributed by atoms with Crippen LogP contribution in [0.5, 0.6) is 0 Å². The highest BCUT2D eigenvalue weighted by Crippen LogP contribution is 2.15. The van der Waals surface area contributed by atoms with Crippen LogP contribution in [0, 0.1) is 6.92 Å². The first kappa shape index (κ1) is 12.5. The molecule has 2 aromatic heterocycles. The van der Waals surface area contributed by atoms with E-state index < -0.39 is 5.54 Å². The molecule has 18 heavy (non-hydrogen) atoms. The van der Waals surface area contributed by atoms with Gasteiger partial charge in [-0.3, -0.25) is 9.89 Å². The number of H-pyrrole nitrogens is 1. The van der Waals surface area contributed by atoms with Crippen LogP contribution in [0.4, 0.5) is 0 Å². The van der Waals surface area contributed by atoms with Gasteiger partial charge in [-0.15, -0.1) is 0 Å². The van der Waals surface area contributed by atoms with Gasteiger partial charge in [0.05, 0.1) is 17.7 Å². The summed E-state index contributed by atoms with van der Waals surface area (Å²) in [7, 11) is 0. The number of amides is 1. The van der Waals surface area contributed by atoms with E-state index in [0.717, 1.165) is 11.1 Å². The Morgan fingerprint density at radius 1 is 1.56 bits per heavy atom. The Morgan fingerprint density at radius 2 is 2.28 bits per heavy atom. The molecule has 0 aliphatic heterocycles. The van der Waals surface area contributed by atoms with Crippen LogP contribution < -0.4 is 5.32 Å². The van der Waals surface area contributed by atoms with Gasteiger partial charge in [-0.2, -0.15) is 5.10 Å². The Hall–Kier alpha value is -1.95. The van der Waals surface area contributed by atoms with E-state index in [4.69, 9.17) is 5.11 Å². The maximum Gasteiger partial charge on any atom is 0.253 e. The summed E-state index contributed by atoms with van der Waals surface area (Å²) in [5.41, 5.74) is 1.25. The smallest absolute Gasteiger partial charge is 0.253 e. The van der Waals surface area contributed by atoms with Crippen LogP contribution in [-0.4, -0.2) is 38.3 Å². The van der Waals surface area contributed by atoms with Crippen molar-refractivity contribution in [2.24, 2.45) is 0 Å². The first-order valence-electron chi connectivity index (χ1n) is 5.67. The Morgan fingerprint density at radius 3 is 2.94 bits per heavy atom. The number of hydrogen-bond acceptors (Lipinski definition) is 4. The minimum atomic E-state index is -0.655. The molecule has 2 aromatic rings. The lowest BCUT2D eigenvalue weighted by molar-refractivity contribution is 0.0869. The predicted molar refractivity (Wildman–Crippen MR) is 67.3 cm³/mol. The molecule has 0 bridgehead atoms. The van der Waals surface area contributed by atoms with Gasteiger partial charge in [0.25, 0.3) is 5.91 Å². The van der Waals surface area contributed by atoms with Crippen LogP contribution in [0.3, 0.4) is 0 Å². The molecule has 3 N–H and O–H groups in total. The monoisotopic (exact) mass is 248 g/mol. The molecular formula is C12H16N4O2. The quantitative estimate of drug-likeness (QED) is 0.748. The minimum Gasteiger partial charge on any atom is -0.394 e. The van der Waals surface area contributed by atoms with Gasteiger partial charge in [0.2, 0.25) is 0 Å². The zero-order chi connectivity index (χ0) is 13.3. The normalized spacial score (nSPS) is 11.8. The SMILES string of the molecule is Cc1[nH]nc2ncc(C(=O)NC(C)(C)CO)cc12. The van der Waals surface area contributed by atoms with E-state index in [1.165, 1.54) is 6.20 Å². The second-order valence-corrected chi connectivity index (χ2v) is 4.94. The number of carbonyl (C=O) groups excluding carboxylic acids is 1. The molecular weight excluding hydrogens is 232 g/mol. The van der Waals surface area contributed by atoms with E-state index in [2.05, 4.69) is 20.5 Å². The third kappa shape index (κ3) is 2.33. The molecule has 0 aliphatic carbocycles. The third-order valence-corrected chi connectivity index (χ3v) is 2.71. The van der Waals surface area contributed by atoms with E-state index >= 15 is 0 Å². The second-order valence-electron chi connectivity index (χ2n) is 4.94. The third-order valence-electron chi connectivity index (χ3n) is 2.71. The summed E-state index contributed by atoms with van der Waals surface area (Å²) in [4.78, 5) is 16.1. The number of pyridine rings is 1. The maximum atomic E-state index is 12.0. The molecule has 0 saturated carbocycles. The topological polar surface area (TPSA) is 90.9 Å². The number of aromatic nitrogens is 3. The maximum absolute atomic E-state index is 12.0. The van der Waals surface area contributed by atoms with Crippen molar-refractivity contribution < 1.29 is 9.90 Å². The number of aliphatic hydroxyl groups excluding tert-OH is 1. The highest BCUT2D eigenvalue weighted by molar-refractivity contribution is 5.97. The molecule has 1 amide bonds. The molecule has 0 aliphatic rings. The molecule has 0 fully saturated rings. The van der Waals surface area contributed by atoms with Gasteiger partial charge in [0, 0.05) is 17.3 Å². The Labute approximate surface area is 104 Å². The van der Waals surface area contributed by atoms with E-state index in [9.17, 15) is 4.79 Å². The lowest BCUT2D eigenvalue weighted by atomic mass is 10.1. The molecule has 0 unspecified atom stereocenters. The summed E-state index contributed by atoms with van der Waals surface area (Å²) in [6.45, 7) is 5.25. The van der Waals surface area contributed by atoms with Crippen LogP contribution in [0.15, 0.2) is 12.3 Å². The summed E-state index contributed by atoms with van der Waals surface area (Å²) in [6.07, 6.45) is 1.48. The first-order valence-corrected chi connectivity index (χ1v) is 5.67. The van der Waals surface area contributed by atoms with Crippen molar-refractivity contribution in [3.63, 3.8) is 0 Å². The Balaban J connectivity index is 2.31. The van der Waals surface area contributed by atoms with Crippen molar-refractivity contribution in [3.8, 4) is 0 Å². The second kappa shape index (κ2) is 4.38. The van der Waals surface area contributed by atoms with Gasteiger partial charge in [0.1, 0.15) is 0 Å². The largest absolute Gasteiger partial charge is 0.394 e. The fourth-order valence-corrected chi connectivity index (χ4v) is 1.56. The summed E-state index contributed by atoms with van der Waals surface area (Å²) < 4.78 is 0. The lowest BCUT2D eigenvalue weighted by Gasteiger charge is -2.23. The molecule has 0 aromatic carbocycles. The van der Waals surface area contributed by atoms with Crippen molar-refractivity contribution in [3.05, 3.63) is 23.5 Å². The van der Waals surface area contributed by atoms with Crippen molar-refractivity contribution in [1.29, 1.82) is 0 Å². The zero-order valence-electron chi connectivity index (χ0n) is 10.6. The van der Waals surface area contributed by atoms with Crippen molar-refractivity contribution >= 4 is 16.9 Å². The van der Waals surface area contributed by atoms with Gasteiger partial charge in [-0.05, 0) is 26.8 Å². The lowest BCUT2D eigenvalue weighted by Crippen LogP contribution is -2.46. The van der Waals surface area contributed by atoms with Gasteiger partial charge < -0.3 is 10.4 Å². The molecule has 6 heteroatoms. The molecule has 2 heterocycles. The number of carbonyl (C=O) groups is 1. The standard InChI is InChI=1S/C12H16N4O2/c1-7-9-4-8(5-13-10(9)16-15-7)11(18)14-12(2,3)6-17/h4-5,17H,6H2,1-3H3,(H,14,18)(H,13,15,16). The average Bonchev–Trinajstić information content (AvgIpc) is 2.70. The van der Waals surface area contributed by atoms with E-state index in [-0.39, 0.29) is 12.5 Å². The predicted octanol–water partition coefficient (Wildman–Crippen LogP) is 0.767. The number of hydrogen-bond donors (Lipinski definition) is 3. The number of nitrogens with zero attached hydrogens (tertiary/aromatic N) is 2. The van der Waals surface area contributed by atoms with Crippen molar-refractivity contribution in [2.75, 3.05) is 6.61 Å². The summed E-state index contributed by atoms with van der Waals surface area (Å²) in [5.74, 6) is -0.260. The summed E-state index contributed by atoms with van der Waals surface area (Å²) in [5, 5.41) is 19.5. The molecule has 0 radical (unpaired) electrons. The van der Waals surface area contributed by atoms with Crippen molar-refractivity contribution in [1.82, 2.24) is 20.5 Å². The van der Waals surface area contributed by atoms with Gasteiger partial charge in [-0.25, -0.2) is 4.98 Å². The van der Waals surface area contributed by atoms with Crippen LogP contribution in [0.25, 0.3) is 11.0 Å².